The zero-order chi connectivity index (χ0) is 28.4. The van der Waals surface area contributed by atoms with Crippen LogP contribution in [0.3, 0.4) is 0 Å². The molecule has 4 aromatic rings. The van der Waals surface area contributed by atoms with Gasteiger partial charge in [-0.1, -0.05) is 18.2 Å². The minimum Gasteiger partial charge on any atom is -0.493 e. The van der Waals surface area contributed by atoms with Gasteiger partial charge in [0, 0.05) is 55.1 Å². The number of nitrogens with one attached hydrogen (secondary N) is 1. The van der Waals surface area contributed by atoms with Crippen LogP contribution in [0.4, 0.5) is 20.2 Å². The average Bonchev–Trinajstić information content (AvgIpc) is 3.34. The topological polar surface area (TPSA) is 121 Å². The Kier molecular flexibility index (Phi) is 7.79. The Bertz CT molecular complexity index is 1610. The van der Waals surface area contributed by atoms with E-state index in [9.17, 15) is 17.2 Å². The number of rotatable bonds is 9. The molecule has 0 spiro atoms. The molecule has 2 aromatic heterocycles. The van der Waals surface area contributed by atoms with Crippen molar-refractivity contribution in [3.8, 4) is 11.5 Å². The summed E-state index contributed by atoms with van der Waals surface area (Å²) in [6.45, 7) is 2.61. The van der Waals surface area contributed by atoms with E-state index >= 15 is 0 Å². The summed E-state index contributed by atoms with van der Waals surface area (Å²) in [5.74, 6) is -2.25. The fourth-order valence-electron chi connectivity index (χ4n) is 4.67. The quantitative estimate of drug-likeness (QED) is 0.309. The van der Waals surface area contributed by atoms with Gasteiger partial charge in [-0.3, -0.25) is 4.90 Å². The summed E-state index contributed by atoms with van der Waals surface area (Å²) in [5, 5.41) is 3.13. The lowest BCUT2D eigenvalue weighted by molar-refractivity contribution is 0.0336. The summed E-state index contributed by atoms with van der Waals surface area (Å²) in [4.78, 5) is 6.66. The number of pyridine rings is 1. The molecule has 0 unspecified atom stereocenters. The van der Waals surface area contributed by atoms with E-state index < -0.39 is 27.3 Å². The molecule has 2 aromatic carbocycles. The zero-order valence-corrected chi connectivity index (χ0v) is 22.8. The molecule has 1 aliphatic heterocycles. The van der Waals surface area contributed by atoms with E-state index in [0.29, 0.717) is 49.5 Å². The van der Waals surface area contributed by atoms with Crippen molar-refractivity contribution in [3.63, 3.8) is 0 Å². The van der Waals surface area contributed by atoms with Crippen LogP contribution in [0, 0.1) is 11.6 Å². The molecule has 10 nitrogen and oxygen atoms in total. The van der Waals surface area contributed by atoms with Crippen LogP contribution >= 0.6 is 0 Å². The molecule has 13 heteroatoms. The molecule has 5 rings (SSSR count). The number of nitrogens with zero attached hydrogens (tertiary/aromatic N) is 3. The fourth-order valence-corrected chi connectivity index (χ4v) is 6.17. The first-order valence-electron chi connectivity index (χ1n) is 12.5. The van der Waals surface area contributed by atoms with Gasteiger partial charge < -0.3 is 25.3 Å². The number of fused-ring (bicyclic) bond motifs is 1. The van der Waals surface area contributed by atoms with E-state index in [1.807, 2.05) is 0 Å². The van der Waals surface area contributed by atoms with Gasteiger partial charge in [-0.2, -0.15) is 0 Å². The van der Waals surface area contributed by atoms with E-state index in [-0.39, 0.29) is 34.3 Å². The van der Waals surface area contributed by atoms with Crippen molar-refractivity contribution in [2.45, 2.75) is 18.0 Å². The second kappa shape index (κ2) is 11.3. The first-order chi connectivity index (χ1) is 19.3. The molecule has 0 saturated carbocycles. The monoisotopic (exact) mass is 573 g/mol. The maximum Gasteiger partial charge on any atom is 0.269 e. The summed E-state index contributed by atoms with van der Waals surface area (Å²) < 4.78 is 73.9. The lowest BCUT2D eigenvalue weighted by Gasteiger charge is -2.26. The minimum atomic E-state index is -4.02. The molecule has 3 N–H and O–H groups in total. The first-order valence-corrected chi connectivity index (χ1v) is 13.9. The molecule has 1 fully saturated rings. The maximum atomic E-state index is 14.9. The van der Waals surface area contributed by atoms with Gasteiger partial charge in [0.15, 0.2) is 28.8 Å². The summed E-state index contributed by atoms with van der Waals surface area (Å²) in [6.07, 6.45) is 1.40. The van der Waals surface area contributed by atoms with Gasteiger partial charge in [0.25, 0.3) is 10.0 Å². The standard InChI is InChI=1S/C27H29F2N5O5S/c1-37-21-13-22(38-2)24(29)26(23(21)28)31-14-17-15-32-27-20(25(17)30)12-18(16-33-8-10-39-11-9-33)34(27)40(35,36)19-6-4-3-5-7-19/h3-7,12-13,15,31H,8-11,14,16H2,1-2H3,(H2,30,32). The number of hydrogen-bond donors (Lipinski definition) is 2. The smallest absolute Gasteiger partial charge is 0.269 e. The Labute approximate surface area is 230 Å². The number of nitrogens with two attached hydrogens (primary N) is 1. The summed E-state index contributed by atoms with van der Waals surface area (Å²) >= 11 is 0. The molecule has 212 valence electrons. The van der Waals surface area contributed by atoms with Crippen LogP contribution in [0.5, 0.6) is 11.5 Å². The lowest BCUT2D eigenvalue weighted by Crippen LogP contribution is -2.36. The summed E-state index contributed by atoms with van der Waals surface area (Å²) in [6, 6.07) is 10.9. The normalized spacial score (nSPS) is 14.4. The highest BCUT2D eigenvalue weighted by atomic mass is 32.2. The number of aromatic nitrogens is 2. The van der Waals surface area contributed by atoms with Gasteiger partial charge in [0.2, 0.25) is 0 Å². The third kappa shape index (κ3) is 5.03. The highest BCUT2D eigenvalue weighted by molar-refractivity contribution is 7.90. The van der Waals surface area contributed by atoms with Crippen LogP contribution in [0.1, 0.15) is 11.3 Å². The van der Waals surface area contributed by atoms with Gasteiger partial charge in [-0.25, -0.2) is 26.2 Å². The third-order valence-corrected chi connectivity index (χ3v) is 8.54. The number of anilines is 2. The molecule has 40 heavy (non-hydrogen) atoms. The number of morpholine rings is 1. The predicted octanol–water partition coefficient (Wildman–Crippen LogP) is 3.60. The van der Waals surface area contributed by atoms with E-state index in [2.05, 4.69) is 15.2 Å². The van der Waals surface area contributed by atoms with Crippen LogP contribution in [-0.4, -0.2) is 62.8 Å². The zero-order valence-electron chi connectivity index (χ0n) is 22.0. The number of hydrogen-bond acceptors (Lipinski definition) is 9. The van der Waals surface area contributed by atoms with E-state index in [1.165, 1.54) is 36.5 Å². The number of benzene rings is 2. The van der Waals surface area contributed by atoms with Crippen molar-refractivity contribution in [2.24, 2.45) is 0 Å². The summed E-state index contributed by atoms with van der Waals surface area (Å²) in [7, 11) is -1.49. The SMILES string of the molecule is COc1cc(OC)c(F)c(NCc2cnc3c(cc(CN4CCOCC4)n3S(=O)(=O)c3ccccc3)c2N)c1F. The lowest BCUT2D eigenvalue weighted by atomic mass is 10.1. The Morgan fingerprint density at radius 2 is 1.70 bits per heavy atom. The van der Waals surface area contributed by atoms with Crippen molar-refractivity contribution in [1.29, 1.82) is 0 Å². The molecule has 0 aliphatic carbocycles. The van der Waals surface area contributed by atoms with E-state index in [0.717, 1.165) is 6.07 Å². The largest absolute Gasteiger partial charge is 0.493 e. The van der Waals surface area contributed by atoms with E-state index in [1.54, 1.807) is 24.3 Å². The molecule has 1 aliphatic rings. The second-order valence-electron chi connectivity index (χ2n) is 9.18. The van der Waals surface area contributed by atoms with Crippen LogP contribution in [0.25, 0.3) is 11.0 Å². The maximum absolute atomic E-state index is 14.9. The number of nitrogen functional groups attached to an aromatic ring is 1. The van der Waals surface area contributed by atoms with Crippen LogP contribution in [0.15, 0.2) is 53.6 Å². The van der Waals surface area contributed by atoms with Gasteiger partial charge in [-0.05, 0) is 18.2 Å². The van der Waals surface area contributed by atoms with Crippen LogP contribution < -0.4 is 20.5 Å². The van der Waals surface area contributed by atoms with Crippen molar-refractivity contribution >= 4 is 32.4 Å². The number of ether oxygens (including phenoxy) is 3. The van der Waals surface area contributed by atoms with Crippen LogP contribution in [0.2, 0.25) is 0 Å². The number of halogens is 2. The van der Waals surface area contributed by atoms with Gasteiger partial charge in [0.1, 0.15) is 5.69 Å². The molecular weight excluding hydrogens is 544 g/mol. The molecule has 3 heterocycles. The number of methoxy groups -OCH3 is 2. The average molecular weight is 574 g/mol. The van der Waals surface area contributed by atoms with Crippen molar-refractivity contribution < 1.29 is 31.4 Å². The molecule has 1 saturated heterocycles. The molecule has 0 radical (unpaired) electrons. The Balaban J connectivity index is 1.56. The summed E-state index contributed by atoms with van der Waals surface area (Å²) in [5.41, 5.74) is 7.36. The third-order valence-electron chi connectivity index (χ3n) is 6.78. The Morgan fingerprint density at radius 1 is 1.05 bits per heavy atom. The first kappa shape index (κ1) is 27.6. The predicted molar refractivity (Wildman–Crippen MR) is 146 cm³/mol. The van der Waals surface area contributed by atoms with Crippen molar-refractivity contribution in [1.82, 2.24) is 13.9 Å². The van der Waals surface area contributed by atoms with Gasteiger partial charge >= 0.3 is 0 Å². The highest BCUT2D eigenvalue weighted by Crippen LogP contribution is 2.36. The van der Waals surface area contributed by atoms with Gasteiger partial charge in [0.05, 0.1) is 38.0 Å². The Hall–Kier alpha value is -3.94. The molecule has 0 amide bonds. The minimum absolute atomic E-state index is 0.103. The van der Waals surface area contributed by atoms with E-state index in [4.69, 9.17) is 19.9 Å². The van der Waals surface area contributed by atoms with Crippen molar-refractivity contribution in [3.05, 3.63) is 71.6 Å². The van der Waals surface area contributed by atoms with Crippen molar-refractivity contribution in [2.75, 3.05) is 51.6 Å². The molecule has 0 atom stereocenters. The second-order valence-corrected chi connectivity index (χ2v) is 11.0. The Morgan fingerprint density at radius 3 is 2.33 bits per heavy atom. The van der Waals surface area contributed by atoms with Gasteiger partial charge in [-0.15, -0.1) is 0 Å². The molecule has 0 bridgehead atoms. The highest BCUT2D eigenvalue weighted by Gasteiger charge is 2.27. The van der Waals surface area contributed by atoms with Crippen LogP contribution in [-0.2, 0) is 27.8 Å². The fraction of sp³-hybridized carbons (Fsp3) is 0.296. The molecular formula is C27H29F2N5O5S.